The molecule has 47 heavy (non-hydrogen) atoms. The van der Waals surface area contributed by atoms with E-state index in [2.05, 4.69) is 10.2 Å². The fourth-order valence-corrected chi connectivity index (χ4v) is 8.15. The number of nitro groups is 1. The molecule has 0 radical (unpaired) electrons. The summed E-state index contributed by atoms with van der Waals surface area (Å²) in [5.41, 5.74) is -1.14. The Morgan fingerprint density at radius 3 is 2.57 bits per heavy atom. The summed E-state index contributed by atoms with van der Waals surface area (Å²) in [4.78, 5) is 57.4. The van der Waals surface area contributed by atoms with Crippen LogP contribution < -0.4 is 10.2 Å². The van der Waals surface area contributed by atoms with Crippen LogP contribution in [0, 0.1) is 27.8 Å². The van der Waals surface area contributed by atoms with Crippen LogP contribution in [0.4, 0.5) is 21.5 Å². The zero-order valence-corrected chi connectivity index (χ0v) is 26.2. The Balaban J connectivity index is 0.00000386. The van der Waals surface area contributed by atoms with Crippen LogP contribution in [0.2, 0.25) is 10.0 Å². The van der Waals surface area contributed by atoms with Gasteiger partial charge in [-0.3, -0.25) is 24.6 Å². The van der Waals surface area contributed by atoms with Gasteiger partial charge in [0.05, 0.1) is 28.0 Å². The number of hydrogen-bond acceptors (Lipinski definition) is 7. The van der Waals surface area contributed by atoms with Gasteiger partial charge in [0.15, 0.2) is 0 Å². The number of carbonyl (C=O) groups is 3. The maximum absolute atomic E-state index is 16.2. The van der Waals surface area contributed by atoms with Crippen molar-refractivity contribution in [3.63, 3.8) is 0 Å². The molecule has 0 aromatic heterocycles. The highest BCUT2D eigenvalue weighted by Gasteiger charge is 2.70. The molecule has 1 N–H and O–H groups in total. The Hall–Kier alpha value is -4.06. The molecular formula is C34H33Cl2FN4O6. The number of fused-ring (bicyclic) bond motifs is 3. The molecule has 2 amide bonds. The van der Waals surface area contributed by atoms with Crippen LogP contribution in [0.5, 0.6) is 0 Å². The number of esters is 1. The zero-order chi connectivity index (χ0) is 32.5. The lowest BCUT2D eigenvalue weighted by atomic mass is 9.70. The largest absolute Gasteiger partial charge is 0.462 e. The molecule has 4 aliphatic rings. The number of benzene rings is 3. The molecule has 3 fully saturated rings. The van der Waals surface area contributed by atoms with Gasteiger partial charge in [-0.25, -0.2) is 9.18 Å². The Labute approximate surface area is 280 Å². The van der Waals surface area contributed by atoms with Crippen LogP contribution in [-0.2, 0) is 19.9 Å². The molecule has 1 aliphatic carbocycles. The van der Waals surface area contributed by atoms with Gasteiger partial charge in [-0.05, 0) is 61.9 Å². The summed E-state index contributed by atoms with van der Waals surface area (Å²) in [7, 11) is 0. The number of hydrogen-bond donors (Lipinski definition) is 1. The number of para-hydroxylation sites is 1. The number of piperidine rings is 1. The minimum atomic E-state index is -1.51. The van der Waals surface area contributed by atoms with Crippen molar-refractivity contribution in [2.24, 2.45) is 11.8 Å². The van der Waals surface area contributed by atoms with Gasteiger partial charge in [-0.1, -0.05) is 54.9 Å². The van der Waals surface area contributed by atoms with Crippen molar-refractivity contribution in [3.8, 4) is 0 Å². The number of nitro benzene ring substituents is 1. The number of rotatable bonds is 7. The van der Waals surface area contributed by atoms with Crippen molar-refractivity contribution in [1.29, 1.82) is 0 Å². The van der Waals surface area contributed by atoms with Crippen molar-refractivity contribution in [3.05, 3.63) is 97.3 Å². The number of nitrogens with zero attached hydrogens (tertiary/aromatic N) is 3. The molecule has 3 aliphatic heterocycles. The molecule has 1 saturated carbocycles. The third kappa shape index (κ3) is 4.98. The molecule has 2 saturated heterocycles. The van der Waals surface area contributed by atoms with Crippen LogP contribution in [0.25, 0.3) is 0 Å². The van der Waals surface area contributed by atoms with Crippen molar-refractivity contribution >= 4 is 58.0 Å². The molecule has 4 atom stereocenters. The first-order valence-electron chi connectivity index (χ1n) is 15.2. The highest BCUT2D eigenvalue weighted by Crippen LogP contribution is 2.62. The van der Waals surface area contributed by atoms with E-state index in [1.165, 1.54) is 35.2 Å². The Bertz CT molecular complexity index is 1820. The van der Waals surface area contributed by atoms with E-state index in [-0.39, 0.29) is 48.3 Å². The minimum absolute atomic E-state index is 0. The van der Waals surface area contributed by atoms with Crippen LogP contribution in [0.1, 0.15) is 61.0 Å². The van der Waals surface area contributed by atoms with E-state index in [9.17, 15) is 24.5 Å². The topological polar surface area (TPSA) is 122 Å². The molecule has 0 unspecified atom stereocenters. The first-order chi connectivity index (χ1) is 22.1. The summed E-state index contributed by atoms with van der Waals surface area (Å²) in [6.45, 7) is 2.14. The predicted octanol–water partition coefficient (Wildman–Crippen LogP) is 6.93. The molecule has 7 rings (SSSR count). The highest BCUT2D eigenvalue weighted by atomic mass is 35.5. The monoisotopic (exact) mass is 682 g/mol. The van der Waals surface area contributed by atoms with Gasteiger partial charge in [-0.2, -0.15) is 0 Å². The third-order valence-corrected chi connectivity index (χ3v) is 10.2. The molecule has 1 spiro atoms. The lowest BCUT2D eigenvalue weighted by molar-refractivity contribution is -0.384. The molecule has 10 nitrogen and oxygen atoms in total. The van der Waals surface area contributed by atoms with Crippen molar-refractivity contribution in [1.82, 2.24) is 4.90 Å². The predicted molar refractivity (Wildman–Crippen MR) is 175 cm³/mol. The van der Waals surface area contributed by atoms with Crippen LogP contribution in [0.15, 0.2) is 54.6 Å². The quantitative estimate of drug-likeness (QED) is 0.163. The van der Waals surface area contributed by atoms with Crippen molar-refractivity contribution in [2.75, 3.05) is 29.9 Å². The molecule has 13 heteroatoms. The number of likely N-dealkylation sites (tertiary alicyclic amines) is 1. The normalized spacial score (nSPS) is 24.9. The molecular weight excluding hydrogens is 650 g/mol. The fourth-order valence-electron chi connectivity index (χ4n) is 7.79. The molecule has 3 aromatic rings. The molecule has 0 bridgehead atoms. The maximum Gasteiger partial charge on any atom is 0.340 e. The number of amides is 2. The highest BCUT2D eigenvalue weighted by molar-refractivity contribution is 6.31. The lowest BCUT2D eigenvalue weighted by Crippen LogP contribution is -2.54. The summed E-state index contributed by atoms with van der Waals surface area (Å²) >= 11 is 12.7. The summed E-state index contributed by atoms with van der Waals surface area (Å²) in [5, 5.41) is 15.5. The van der Waals surface area contributed by atoms with Gasteiger partial charge in [-0.15, -0.1) is 0 Å². The van der Waals surface area contributed by atoms with E-state index < -0.39 is 57.6 Å². The van der Waals surface area contributed by atoms with E-state index in [0.29, 0.717) is 29.2 Å². The standard InChI is InChI=1S/C33H29Cl2FN4O6.CH4/c1-2-46-31(42)20-6-4-8-25(40(44)45)29(20)38-14-13-24-26(30(38)41)27(19-5-3-7-22(35)28(19)36)33(39(24)16-17-9-10-17)21-12-11-18(34)15-23(21)37-32(33)43;/h3-8,11-12,15,17,24,26-27H,2,9-10,13-14,16H2,1H3,(H,37,43);1H4/t24-,26+,27-,33+;/m0./s1. The van der Waals surface area contributed by atoms with E-state index >= 15 is 4.39 Å². The van der Waals surface area contributed by atoms with Gasteiger partial charge in [0.1, 0.15) is 17.0 Å². The van der Waals surface area contributed by atoms with Gasteiger partial charge in [0, 0.05) is 47.4 Å². The molecule has 3 aromatic carbocycles. The maximum atomic E-state index is 16.2. The summed E-state index contributed by atoms with van der Waals surface area (Å²) < 4.78 is 21.4. The summed E-state index contributed by atoms with van der Waals surface area (Å²) in [5.74, 6) is -4.38. The zero-order valence-electron chi connectivity index (χ0n) is 24.7. The SMILES string of the molecule is C.CCOC(=O)c1cccc([N+](=O)[O-])c1N1CC[C@H]2[C@@H](C1=O)[C@H](c1cccc(Cl)c1F)[C@]1(C(=O)Nc3cc(Cl)ccc31)N2CC1CC1. The van der Waals surface area contributed by atoms with Gasteiger partial charge in [0.2, 0.25) is 11.8 Å². The van der Waals surface area contributed by atoms with Gasteiger partial charge in [0.25, 0.3) is 5.69 Å². The van der Waals surface area contributed by atoms with Crippen LogP contribution >= 0.6 is 23.2 Å². The summed E-state index contributed by atoms with van der Waals surface area (Å²) in [6, 6.07) is 13.0. The number of nitrogens with one attached hydrogen (secondary N) is 1. The second-order valence-corrected chi connectivity index (χ2v) is 13.0. The first kappa shape index (κ1) is 32.9. The van der Waals surface area contributed by atoms with Crippen LogP contribution in [0.3, 0.4) is 0 Å². The van der Waals surface area contributed by atoms with Gasteiger partial charge < -0.3 is 15.0 Å². The van der Waals surface area contributed by atoms with E-state index in [1.807, 2.05) is 0 Å². The molecule has 246 valence electrons. The average Bonchev–Trinajstić information content (AvgIpc) is 3.74. The van der Waals surface area contributed by atoms with Crippen molar-refractivity contribution in [2.45, 2.75) is 51.1 Å². The van der Waals surface area contributed by atoms with Gasteiger partial charge >= 0.3 is 5.97 Å². The first-order valence-corrected chi connectivity index (χ1v) is 15.9. The minimum Gasteiger partial charge on any atom is -0.462 e. The number of halogens is 3. The van der Waals surface area contributed by atoms with E-state index in [0.717, 1.165) is 12.8 Å². The van der Waals surface area contributed by atoms with E-state index in [1.54, 1.807) is 31.2 Å². The smallest absolute Gasteiger partial charge is 0.340 e. The number of ether oxygens (including phenoxy) is 1. The third-order valence-electron chi connectivity index (χ3n) is 9.71. The molecule has 3 heterocycles. The number of carbonyl (C=O) groups excluding carboxylic acids is 3. The van der Waals surface area contributed by atoms with E-state index in [4.69, 9.17) is 27.9 Å². The second-order valence-electron chi connectivity index (χ2n) is 12.1. The van der Waals surface area contributed by atoms with Crippen molar-refractivity contribution < 1.29 is 28.4 Å². The summed E-state index contributed by atoms with van der Waals surface area (Å²) in [6.07, 6.45) is 2.21. The lowest BCUT2D eigenvalue weighted by Gasteiger charge is -2.40. The average molecular weight is 684 g/mol. The Morgan fingerprint density at radius 2 is 1.87 bits per heavy atom. The number of anilines is 2. The Kier molecular flexibility index (Phi) is 8.52. The second kappa shape index (κ2) is 12.2. The van der Waals surface area contributed by atoms with Crippen LogP contribution in [-0.4, -0.2) is 53.3 Å². The fraction of sp³-hybridized carbons (Fsp3) is 0.382. The Morgan fingerprint density at radius 1 is 1.13 bits per heavy atom.